The third kappa shape index (κ3) is 7.91. The van der Waals surface area contributed by atoms with Crippen molar-refractivity contribution in [3.63, 3.8) is 0 Å². The average Bonchev–Trinajstić information content (AvgIpc) is 3.63. The summed E-state index contributed by atoms with van der Waals surface area (Å²) in [7, 11) is 0. The molecule has 0 saturated carbocycles. The molecule has 5 aromatic carbocycles. The van der Waals surface area contributed by atoms with Crippen molar-refractivity contribution in [2.45, 2.75) is 78.7 Å². The maximum Gasteiger partial charge on any atom is 0.412 e. The second kappa shape index (κ2) is 13.8. The van der Waals surface area contributed by atoms with Gasteiger partial charge in [-0.3, -0.25) is 10.6 Å². The van der Waals surface area contributed by atoms with Crippen LogP contribution in [0.2, 0.25) is 0 Å². The van der Waals surface area contributed by atoms with Crippen molar-refractivity contribution in [3.05, 3.63) is 130 Å². The fraction of sp³-hybridized carbons (Fsp3) is 0.273. The Morgan fingerprint density at radius 2 is 0.923 bits per heavy atom. The maximum absolute atomic E-state index is 13.1. The van der Waals surface area contributed by atoms with Crippen LogP contribution >= 0.6 is 0 Å². The Morgan fingerprint density at radius 1 is 0.519 bits per heavy atom. The summed E-state index contributed by atoms with van der Waals surface area (Å²) in [6, 6.07) is 33.7. The number of anilines is 4. The smallest absolute Gasteiger partial charge is 0.412 e. The van der Waals surface area contributed by atoms with Crippen LogP contribution in [-0.2, 0) is 35.4 Å². The first-order valence-corrected chi connectivity index (χ1v) is 17.8. The molecule has 0 unspecified atom stereocenters. The summed E-state index contributed by atoms with van der Waals surface area (Å²) >= 11 is 0. The molecule has 8 nitrogen and oxygen atoms in total. The van der Waals surface area contributed by atoms with Gasteiger partial charge in [0.15, 0.2) is 0 Å². The highest BCUT2D eigenvalue weighted by molar-refractivity contribution is 5.91. The SMILES string of the molecule is CC(C)(C)OC(=O)Nc1cc(NC(=O)OC(C)(C)C)c(CNc2ccc3c(c2)Cc2ccccc2-3)cc1CNc1ccc2c(c1)Cc1ccccc1-2. The van der Waals surface area contributed by atoms with Crippen LogP contribution in [0.15, 0.2) is 97.1 Å². The van der Waals surface area contributed by atoms with E-state index in [9.17, 15) is 9.59 Å². The van der Waals surface area contributed by atoms with Crippen molar-refractivity contribution >= 4 is 34.9 Å². The highest BCUT2D eigenvalue weighted by Crippen LogP contribution is 2.39. The Morgan fingerprint density at radius 3 is 1.35 bits per heavy atom. The number of ether oxygens (including phenoxy) is 2. The average molecular weight is 695 g/mol. The van der Waals surface area contributed by atoms with Crippen LogP contribution in [0.4, 0.5) is 32.3 Å². The Kier molecular flexibility index (Phi) is 9.17. The molecule has 52 heavy (non-hydrogen) atoms. The molecule has 266 valence electrons. The van der Waals surface area contributed by atoms with Gasteiger partial charge in [-0.1, -0.05) is 60.7 Å². The van der Waals surface area contributed by atoms with Crippen LogP contribution in [0, 0.1) is 0 Å². The lowest BCUT2D eigenvalue weighted by Gasteiger charge is -2.23. The summed E-state index contributed by atoms with van der Waals surface area (Å²) in [5.41, 5.74) is 13.5. The van der Waals surface area contributed by atoms with Crippen LogP contribution in [0.5, 0.6) is 0 Å². The zero-order chi connectivity index (χ0) is 36.6. The number of rotatable bonds is 8. The van der Waals surface area contributed by atoms with Crippen molar-refractivity contribution in [3.8, 4) is 22.3 Å². The minimum Gasteiger partial charge on any atom is -0.444 e. The van der Waals surface area contributed by atoms with Gasteiger partial charge in [0.1, 0.15) is 11.2 Å². The van der Waals surface area contributed by atoms with Gasteiger partial charge in [-0.25, -0.2) is 9.59 Å². The summed E-state index contributed by atoms with van der Waals surface area (Å²) in [4.78, 5) is 26.2. The molecule has 0 bridgehead atoms. The van der Waals surface area contributed by atoms with E-state index in [1.807, 2.05) is 47.6 Å². The molecule has 0 saturated heterocycles. The lowest BCUT2D eigenvalue weighted by Crippen LogP contribution is -2.28. The van der Waals surface area contributed by atoms with Crippen LogP contribution in [0.1, 0.15) is 74.9 Å². The highest BCUT2D eigenvalue weighted by atomic mass is 16.6. The van der Waals surface area contributed by atoms with Crippen LogP contribution in [0.3, 0.4) is 0 Å². The van der Waals surface area contributed by atoms with Gasteiger partial charge in [-0.05, 0) is 146 Å². The van der Waals surface area contributed by atoms with Crippen molar-refractivity contribution < 1.29 is 19.1 Å². The number of carbonyl (C=O) groups is 2. The Bertz CT molecular complexity index is 2030. The van der Waals surface area contributed by atoms with Crippen molar-refractivity contribution in [2.75, 3.05) is 21.3 Å². The fourth-order valence-corrected chi connectivity index (χ4v) is 6.95. The molecule has 2 amide bonds. The molecule has 0 spiro atoms. The van der Waals surface area contributed by atoms with Gasteiger partial charge in [0.2, 0.25) is 0 Å². The third-order valence-corrected chi connectivity index (χ3v) is 9.15. The molecule has 2 aliphatic carbocycles. The van der Waals surface area contributed by atoms with E-state index < -0.39 is 23.4 Å². The summed E-state index contributed by atoms with van der Waals surface area (Å²) < 4.78 is 11.3. The Balaban J connectivity index is 1.18. The first-order chi connectivity index (χ1) is 24.8. The van der Waals surface area contributed by atoms with E-state index in [4.69, 9.17) is 9.47 Å². The monoisotopic (exact) mass is 694 g/mol. The van der Waals surface area contributed by atoms with Gasteiger partial charge in [-0.15, -0.1) is 0 Å². The lowest BCUT2D eigenvalue weighted by atomic mass is 10.0. The predicted octanol–water partition coefficient (Wildman–Crippen LogP) is 10.7. The molecule has 4 N–H and O–H groups in total. The Labute approximate surface area is 306 Å². The zero-order valence-electron chi connectivity index (χ0n) is 30.7. The number of hydrogen-bond acceptors (Lipinski definition) is 6. The first-order valence-electron chi connectivity index (χ1n) is 17.8. The first kappa shape index (κ1) is 34.7. The van der Waals surface area contributed by atoms with Crippen LogP contribution in [0.25, 0.3) is 22.3 Å². The predicted molar refractivity (Wildman–Crippen MR) is 210 cm³/mol. The minimum atomic E-state index is -0.691. The van der Waals surface area contributed by atoms with E-state index in [1.165, 1.54) is 44.5 Å². The standard InChI is InChI=1S/C44H46N4O4/c1-43(2,3)51-41(49)47-39-24-40(48-42(50)52-44(4,5)6)32(26-46-34-16-18-38-30(23-34)20-28-12-8-10-14-36(28)38)21-31(39)25-45-33-15-17-37-29(22-33)19-27-11-7-9-13-35(27)37/h7-18,21-24,45-46H,19-20,25-26H2,1-6H3,(H,47,49)(H,48,50). The summed E-state index contributed by atoms with van der Waals surface area (Å²) in [6.45, 7) is 11.8. The number of carbonyl (C=O) groups excluding carboxylic acids is 2. The molecular formula is C44H46N4O4. The summed E-state index contributed by atoms with van der Waals surface area (Å²) in [5.74, 6) is 0. The van der Waals surface area contributed by atoms with Crippen molar-refractivity contribution in [1.29, 1.82) is 0 Å². The van der Waals surface area contributed by atoms with E-state index in [2.05, 4.69) is 106 Å². The van der Waals surface area contributed by atoms with Gasteiger partial charge in [0.05, 0.1) is 11.4 Å². The van der Waals surface area contributed by atoms with E-state index in [-0.39, 0.29) is 0 Å². The van der Waals surface area contributed by atoms with Crippen LogP contribution < -0.4 is 21.3 Å². The molecule has 0 aromatic heterocycles. The lowest BCUT2D eigenvalue weighted by molar-refractivity contribution is 0.0625. The summed E-state index contributed by atoms with van der Waals surface area (Å²) in [5, 5.41) is 13.1. The van der Waals surface area contributed by atoms with E-state index in [0.29, 0.717) is 24.5 Å². The third-order valence-electron chi connectivity index (χ3n) is 9.15. The van der Waals surface area contributed by atoms with Gasteiger partial charge in [-0.2, -0.15) is 0 Å². The van der Waals surface area contributed by atoms with Gasteiger partial charge in [0, 0.05) is 24.5 Å². The molecule has 0 aliphatic heterocycles. The molecule has 7 rings (SSSR count). The Hall–Kier alpha value is -5.76. The van der Waals surface area contributed by atoms with Crippen molar-refractivity contribution in [2.24, 2.45) is 0 Å². The maximum atomic E-state index is 13.1. The number of benzene rings is 5. The topological polar surface area (TPSA) is 101 Å². The van der Waals surface area contributed by atoms with Gasteiger partial charge < -0.3 is 20.1 Å². The molecule has 2 aliphatic rings. The zero-order valence-corrected chi connectivity index (χ0v) is 30.7. The second-order valence-electron chi connectivity index (χ2n) is 15.5. The number of fused-ring (bicyclic) bond motifs is 6. The quantitative estimate of drug-likeness (QED) is 0.126. The molecule has 5 aromatic rings. The largest absolute Gasteiger partial charge is 0.444 e. The molecule has 0 fully saturated rings. The highest BCUT2D eigenvalue weighted by Gasteiger charge is 2.23. The van der Waals surface area contributed by atoms with E-state index in [1.54, 1.807) is 6.07 Å². The molecule has 0 atom stereocenters. The van der Waals surface area contributed by atoms with Gasteiger partial charge >= 0.3 is 12.2 Å². The molecule has 0 radical (unpaired) electrons. The van der Waals surface area contributed by atoms with Crippen molar-refractivity contribution in [1.82, 2.24) is 0 Å². The molecule has 0 heterocycles. The number of nitrogens with one attached hydrogen (secondary N) is 4. The summed E-state index contributed by atoms with van der Waals surface area (Å²) in [6.07, 6.45) is 0.610. The normalized spacial score (nSPS) is 12.6. The molecular weight excluding hydrogens is 649 g/mol. The van der Waals surface area contributed by atoms with E-state index >= 15 is 0 Å². The van der Waals surface area contributed by atoms with E-state index in [0.717, 1.165) is 35.3 Å². The number of amides is 2. The fourth-order valence-electron chi connectivity index (χ4n) is 6.95. The van der Waals surface area contributed by atoms with Gasteiger partial charge in [0.25, 0.3) is 0 Å². The van der Waals surface area contributed by atoms with Crippen LogP contribution in [-0.4, -0.2) is 23.4 Å². The minimum absolute atomic E-state index is 0.410. The number of hydrogen-bond donors (Lipinski definition) is 4. The second-order valence-corrected chi connectivity index (χ2v) is 15.5. The molecule has 8 heteroatoms.